The van der Waals surface area contributed by atoms with Crippen molar-refractivity contribution in [1.82, 2.24) is 20.2 Å². The summed E-state index contributed by atoms with van der Waals surface area (Å²) in [4.78, 5) is 0. The maximum atomic E-state index is 3.99. The van der Waals surface area contributed by atoms with E-state index in [-0.39, 0.29) is 10.8 Å². The number of hydrogen-bond acceptors (Lipinski definition) is 3. The Hall–Kier alpha value is -2.49. The molecule has 0 bridgehead atoms. The van der Waals surface area contributed by atoms with Crippen LogP contribution in [-0.4, -0.2) is 20.2 Å². The lowest BCUT2D eigenvalue weighted by atomic mass is 9.63. The molecule has 25 heavy (non-hydrogen) atoms. The average Bonchev–Trinajstić information content (AvgIpc) is 3.14. The van der Waals surface area contributed by atoms with Crippen LogP contribution < -0.4 is 0 Å². The number of nitrogens with zero attached hydrogens (tertiary/aromatic N) is 4. The highest BCUT2D eigenvalue weighted by molar-refractivity contribution is 5.68. The molecule has 4 rings (SSSR count). The van der Waals surface area contributed by atoms with Crippen molar-refractivity contribution in [2.75, 3.05) is 0 Å². The van der Waals surface area contributed by atoms with Crippen LogP contribution in [0.3, 0.4) is 0 Å². The minimum atomic E-state index is 0.217. The molecule has 1 aliphatic carbocycles. The maximum Gasteiger partial charge on any atom is 0.143 e. The molecule has 4 nitrogen and oxygen atoms in total. The van der Waals surface area contributed by atoms with Gasteiger partial charge in [0.25, 0.3) is 0 Å². The van der Waals surface area contributed by atoms with Crippen LogP contribution in [0.2, 0.25) is 0 Å². The van der Waals surface area contributed by atoms with Crippen molar-refractivity contribution in [3.05, 3.63) is 59.9 Å². The van der Waals surface area contributed by atoms with Crippen molar-refractivity contribution in [2.45, 2.75) is 51.4 Å². The van der Waals surface area contributed by atoms with Gasteiger partial charge in [0.05, 0.1) is 5.69 Å². The van der Waals surface area contributed by atoms with Crippen molar-refractivity contribution in [1.29, 1.82) is 0 Å². The fourth-order valence-electron chi connectivity index (χ4n) is 3.88. The second-order valence-electron chi connectivity index (χ2n) is 8.33. The molecule has 3 aromatic rings. The lowest BCUT2D eigenvalue weighted by molar-refractivity contribution is 0.332. The minimum Gasteiger partial charge on any atom is -0.201 e. The summed E-state index contributed by atoms with van der Waals surface area (Å²) in [5.41, 5.74) is 6.85. The summed E-state index contributed by atoms with van der Waals surface area (Å²) >= 11 is 0. The summed E-state index contributed by atoms with van der Waals surface area (Å²) < 4.78 is 1.69. The summed E-state index contributed by atoms with van der Waals surface area (Å²) in [6, 6.07) is 15.3. The van der Waals surface area contributed by atoms with E-state index in [0.717, 1.165) is 5.69 Å². The molecule has 1 heterocycles. The van der Waals surface area contributed by atoms with Crippen molar-refractivity contribution in [2.24, 2.45) is 0 Å². The van der Waals surface area contributed by atoms with Crippen molar-refractivity contribution in [3.8, 4) is 16.8 Å². The number of hydrogen-bond donors (Lipinski definition) is 0. The third-order valence-electron chi connectivity index (χ3n) is 5.65. The van der Waals surface area contributed by atoms with Crippen LogP contribution in [0.1, 0.15) is 51.7 Å². The fourth-order valence-corrected chi connectivity index (χ4v) is 3.88. The molecule has 0 aliphatic heterocycles. The predicted octanol–water partition coefficient (Wildman–Crippen LogP) is 4.68. The summed E-state index contributed by atoms with van der Waals surface area (Å²) in [5.74, 6) is 0. The van der Waals surface area contributed by atoms with Crippen molar-refractivity contribution < 1.29 is 0 Å². The molecule has 0 saturated heterocycles. The van der Waals surface area contributed by atoms with Gasteiger partial charge in [-0.1, -0.05) is 58.0 Å². The van der Waals surface area contributed by atoms with Crippen molar-refractivity contribution in [3.63, 3.8) is 0 Å². The summed E-state index contributed by atoms with van der Waals surface area (Å²) in [7, 11) is 0. The molecule has 0 atom stereocenters. The Balaban J connectivity index is 1.82. The lowest BCUT2D eigenvalue weighted by Gasteiger charge is -2.42. The number of fused-ring (bicyclic) bond motifs is 1. The summed E-state index contributed by atoms with van der Waals surface area (Å²) in [5, 5.41) is 11.4. The van der Waals surface area contributed by atoms with E-state index < -0.39 is 0 Å². The van der Waals surface area contributed by atoms with E-state index in [9.17, 15) is 0 Å². The van der Waals surface area contributed by atoms with Gasteiger partial charge in [0.2, 0.25) is 0 Å². The quantitative estimate of drug-likeness (QED) is 0.684. The molecule has 0 radical (unpaired) electrons. The van der Waals surface area contributed by atoms with E-state index >= 15 is 0 Å². The Morgan fingerprint density at radius 3 is 2.28 bits per heavy atom. The fraction of sp³-hybridized carbons (Fsp3) is 0.381. The topological polar surface area (TPSA) is 43.6 Å². The molecule has 0 saturated carbocycles. The molecule has 0 unspecified atom stereocenters. The Labute approximate surface area is 148 Å². The zero-order valence-corrected chi connectivity index (χ0v) is 15.3. The van der Waals surface area contributed by atoms with Crippen LogP contribution in [-0.2, 0) is 10.8 Å². The standard InChI is InChI=1S/C21H24N4/c1-20(2)10-11-21(3,4)19-13-16(8-9-18(19)20)15-6-5-7-17(12-15)25-14-22-23-24-25/h5-9,12-14H,10-11H2,1-4H3. The molecular formula is C21H24N4. The predicted molar refractivity (Wildman–Crippen MR) is 99.9 cm³/mol. The van der Waals surface area contributed by atoms with E-state index in [1.54, 1.807) is 11.0 Å². The van der Waals surface area contributed by atoms with Crippen LogP contribution in [0.25, 0.3) is 16.8 Å². The van der Waals surface area contributed by atoms with E-state index in [1.807, 2.05) is 6.07 Å². The average molecular weight is 332 g/mol. The number of aromatic nitrogens is 4. The first-order valence-corrected chi connectivity index (χ1v) is 8.86. The molecule has 0 spiro atoms. The zero-order chi connectivity index (χ0) is 17.7. The largest absolute Gasteiger partial charge is 0.201 e. The van der Waals surface area contributed by atoms with Crippen LogP contribution in [0, 0.1) is 0 Å². The molecule has 1 aliphatic rings. The third-order valence-corrected chi connectivity index (χ3v) is 5.65. The normalized spacial score (nSPS) is 17.9. The van der Waals surface area contributed by atoms with Gasteiger partial charge in [-0.2, -0.15) is 0 Å². The highest BCUT2D eigenvalue weighted by Crippen LogP contribution is 2.46. The monoisotopic (exact) mass is 332 g/mol. The summed E-state index contributed by atoms with van der Waals surface area (Å²) in [6.07, 6.45) is 4.08. The Kier molecular flexibility index (Phi) is 3.53. The summed E-state index contributed by atoms with van der Waals surface area (Å²) in [6.45, 7) is 9.45. The maximum absolute atomic E-state index is 3.99. The molecule has 1 aromatic heterocycles. The number of rotatable bonds is 2. The first-order valence-electron chi connectivity index (χ1n) is 8.86. The van der Waals surface area contributed by atoms with Gasteiger partial charge in [-0.3, -0.25) is 0 Å². The van der Waals surface area contributed by atoms with Gasteiger partial charge >= 0.3 is 0 Å². The molecule has 0 N–H and O–H groups in total. The van der Waals surface area contributed by atoms with Gasteiger partial charge in [0.15, 0.2) is 0 Å². The molecule has 0 amide bonds. The first kappa shape index (κ1) is 16.0. The third kappa shape index (κ3) is 2.76. The Morgan fingerprint density at radius 2 is 1.56 bits per heavy atom. The van der Waals surface area contributed by atoms with Crippen LogP contribution >= 0.6 is 0 Å². The lowest BCUT2D eigenvalue weighted by Crippen LogP contribution is -2.33. The van der Waals surface area contributed by atoms with Crippen LogP contribution in [0.15, 0.2) is 48.8 Å². The second kappa shape index (κ2) is 5.51. The minimum absolute atomic E-state index is 0.217. The van der Waals surface area contributed by atoms with Gasteiger partial charge in [-0.25, -0.2) is 4.68 Å². The second-order valence-corrected chi connectivity index (χ2v) is 8.33. The van der Waals surface area contributed by atoms with Crippen LogP contribution in [0.5, 0.6) is 0 Å². The van der Waals surface area contributed by atoms with Gasteiger partial charge in [-0.05, 0) is 68.5 Å². The van der Waals surface area contributed by atoms with Crippen molar-refractivity contribution >= 4 is 0 Å². The zero-order valence-electron chi connectivity index (χ0n) is 15.3. The SMILES string of the molecule is CC1(C)CCC(C)(C)c2cc(-c3cccc(-n4cnnn4)c3)ccc21. The highest BCUT2D eigenvalue weighted by Gasteiger charge is 2.36. The molecule has 128 valence electrons. The Bertz CT molecular complexity index is 907. The number of benzene rings is 2. The van der Waals surface area contributed by atoms with Gasteiger partial charge in [0.1, 0.15) is 6.33 Å². The van der Waals surface area contributed by atoms with E-state index in [1.165, 1.54) is 35.1 Å². The molecular weight excluding hydrogens is 308 g/mol. The van der Waals surface area contributed by atoms with Gasteiger partial charge < -0.3 is 0 Å². The Morgan fingerprint density at radius 1 is 0.840 bits per heavy atom. The van der Waals surface area contributed by atoms with E-state index in [4.69, 9.17) is 0 Å². The van der Waals surface area contributed by atoms with Gasteiger partial charge in [-0.15, -0.1) is 5.10 Å². The van der Waals surface area contributed by atoms with Gasteiger partial charge in [0, 0.05) is 0 Å². The highest BCUT2D eigenvalue weighted by atomic mass is 15.5. The molecule has 2 aromatic carbocycles. The smallest absolute Gasteiger partial charge is 0.143 e. The first-order chi connectivity index (χ1) is 11.9. The number of tetrazole rings is 1. The van der Waals surface area contributed by atoms with E-state index in [2.05, 4.69) is 79.6 Å². The van der Waals surface area contributed by atoms with Crippen LogP contribution in [0.4, 0.5) is 0 Å². The molecule has 0 fully saturated rings. The van der Waals surface area contributed by atoms with E-state index in [0.29, 0.717) is 0 Å². The molecule has 4 heteroatoms.